The number of ether oxygens (including phenoxy) is 1. The molecule has 6 aliphatic rings. The molecule has 7 heterocycles. The Bertz CT molecular complexity index is 3180. The van der Waals surface area contributed by atoms with E-state index in [1.807, 2.05) is 57.4 Å². The van der Waals surface area contributed by atoms with Crippen LogP contribution in [0.1, 0.15) is 150 Å². The summed E-state index contributed by atoms with van der Waals surface area (Å²) in [6, 6.07) is 23.2. The Morgan fingerprint density at radius 1 is 0.872 bits per heavy atom. The number of amides is 2. The van der Waals surface area contributed by atoms with E-state index < -0.39 is 23.6 Å². The van der Waals surface area contributed by atoms with Crippen LogP contribution in [0.3, 0.4) is 0 Å². The lowest BCUT2D eigenvalue weighted by Gasteiger charge is -2.37. The van der Waals surface area contributed by atoms with Crippen molar-refractivity contribution in [2.75, 3.05) is 59.0 Å². The van der Waals surface area contributed by atoms with E-state index >= 15 is 0 Å². The smallest absolute Gasteiger partial charge is 0.282 e. The number of aliphatic hydroxyl groups excluding tert-OH is 1. The van der Waals surface area contributed by atoms with Crippen molar-refractivity contribution in [3.63, 3.8) is 0 Å². The van der Waals surface area contributed by atoms with Crippen molar-refractivity contribution in [1.29, 1.82) is 0 Å². The van der Waals surface area contributed by atoms with Crippen molar-refractivity contribution < 1.29 is 19.4 Å². The standard InChI is InChI=1S/C62H75ClN10O5/c1-61(2,3)56(59(77)71-37-47(74)34-54(71)57(75)65-50(38-70-29-31-78-32-30-70)43-18-16-41(17-19-43)46-9-8-26-64-35-46)72-39-51(67-68-72)44-14-12-40(13-15-44)36-69-27-22-42(23-28-69)45-20-21-48-53(33-45)73-52-11-7-10-49(63)55(52)58(76)66-60(73)62(48)24-5-4-6-25-62/h7-11,16-21,26,33,35,39-40,42,44,47,50,54,56,74H,4-6,12-15,22-25,27-32,34,36-38H2,1-3H3,(H,65,75)/t40?,44?,47-,50+,54+,56-/m1/s1. The van der Waals surface area contributed by atoms with Crippen molar-refractivity contribution in [3.8, 4) is 16.8 Å². The number of nitrogens with zero attached hydrogens (tertiary/aromatic N) is 9. The van der Waals surface area contributed by atoms with Crippen LogP contribution in [-0.4, -0.2) is 132 Å². The van der Waals surface area contributed by atoms with E-state index in [1.54, 1.807) is 21.8 Å². The highest BCUT2D eigenvalue weighted by molar-refractivity contribution is 6.35. The van der Waals surface area contributed by atoms with Crippen LogP contribution in [0.15, 0.2) is 96.2 Å². The Kier molecular flexibility index (Phi) is 14.9. The first kappa shape index (κ1) is 52.8. The lowest BCUT2D eigenvalue weighted by molar-refractivity contribution is -0.144. The molecule has 2 amide bonds. The molecule has 4 aliphatic heterocycles. The quantitative estimate of drug-likeness (QED) is 0.120. The van der Waals surface area contributed by atoms with Gasteiger partial charge in [0.2, 0.25) is 11.8 Å². The van der Waals surface area contributed by atoms with E-state index in [4.69, 9.17) is 26.4 Å². The van der Waals surface area contributed by atoms with Crippen LogP contribution in [0, 0.1) is 11.3 Å². The number of carbonyl (C=O) groups is 2. The lowest BCUT2D eigenvalue weighted by atomic mass is 9.69. The second-order valence-corrected chi connectivity index (χ2v) is 25.0. The van der Waals surface area contributed by atoms with Crippen LogP contribution in [0.5, 0.6) is 0 Å². The predicted molar refractivity (Wildman–Crippen MR) is 302 cm³/mol. The molecule has 3 aromatic heterocycles. The third kappa shape index (κ3) is 10.3. The molecule has 5 fully saturated rings. The topological polar surface area (TPSA) is 164 Å². The maximum absolute atomic E-state index is 14.9. The molecule has 0 unspecified atom stereocenters. The molecule has 3 saturated heterocycles. The Labute approximate surface area is 462 Å². The first-order chi connectivity index (χ1) is 37.8. The summed E-state index contributed by atoms with van der Waals surface area (Å²) < 4.78 is 9.64. The first-order valence-corrected chi connectivity index (χ1v) is 29.3. The average molecular weight is 1080 g/mol. The third-order valence-electron chi connectivity index (χ3n) is 18.5. The van der Waals surface area contributed by atoms with Gasteiger partial charge in [0.1, 0.15) is 17.9 Å². The van der Waals surface area contributed by atoms with Gasteiger partial charge >= 0.3 is 0 Å². The van der Waals surface area contributed by atoms with Gasteiger partial charge < -0.3 is 25.0 Å². The molecule has 0 bridgehead atoms. The molecule has 6 aromatic rings. The van der Waals surface area contributed by atoms with Gasteiger partial charge in [-0.15, -0.1) is 5.10 Å². The summed E-state index contributed by atoms with van der Waals surface area (Å²) in [5, 5.41) is 24.8. The number of benzene rings is 3. The number of halogens is 1. The van der Waals surface area contributed by atoms with Gasteiger partial charge in [0, 0.05) is 63.7 Å². The molecule has 15 nitrogen and oxygen atoms in total. The Hall–Kier alpha value is -5.84. The molecule has 2 aliphatic carbocycles. The van der Waals surface area contributed by atoms with E-state index in [1.165, 1.54) is 23.2 Å². The fourth-order valence-corrected chi connectivity index (χ4v) is 14.6. The van der Waals surface area contributed by atoms with Crippen LogP contribution in [0.2, 0.25) is 5.02 Å². The number of piperidine rings is 1. The monoisotopic (exact) mass is 1070 g/mol. The van der Waals surface area contributed by atoms with Crippen LogP contribution in [-0.2, 0) is 19.7 Å². The molecule has 2 saturated carbocycles. The number of aromatic nitrogens is 6. The SMILES string of the molecule is CC(C)(C)[C@@H](C(=O)N1C[C@H](O)C[C@H]1C(=O)N[C@@H](CN1CCOCC1)c1ccc(-c2cccnc2)cc1)n1cc(C2CCC(CN3CCC(c4ccc5c(c4)-n4c(nc(=O)c6c(Cl)cccc64)C54CCCCC4)CC3)CC2)nn1. The minimum Gasteiger partial charge on any atom is -0.391 e. The summed E-state index contributed by atoms with van der Waals surface area (Å²) in [6.45, 7) is 12.8. The first-order valence-electron chi connectivity index (χ1n) is 28.9. The highest BCUT2D eigenvalue weighted by Gasteiger charge is 2.48. The predicted octanol–water partition coefficient (Wildman–Crippen LogP) is 9.15. The molecule has 12 rings (SSSR count). The van der Waals surface area contributed by atoms with Gasteiger partial charge in [-0.25, -0.2) is 4.68 Å². The zero-order valence-corrected chi connectivity index (χ0v) is 46.3. The number of carbonyl (C=O) groups excluding carboxylic acids is 2. The van der Waals surface area contributed by atoms with Gasteiger partial charge in [-0.2, -0.15) is 4.98 Å². The number of morpholine rings is 1. The minimum absolute atomic E-state index is 0.0695. The van der Waals surface area contributed by atoms with Gasteiger partial charge in [-0.1, -0.05) is 105 Å². The summed E-state index contributed by atoms with van der Waals surface area (Å²) in [6.07, 6.45) is 16.9. The highest BCUT2D eigenvalue weighted by Crippen LogP contribution is 2.52. The van der Waals surface area contributed by atoms with Crippen LogP contribution in [0.25, 0.3) is 27.7 Å². The molecule has 2 N–H and O–H groups in total. The van der Waals surface area contributed by atoms with E-state index in [9.17, 15) is 19.5 Å². The molecule has 78 heavy (non-hydrogen) atoms. The average Bonchev–Trinajstić information content (AvgIpc) is 4.38. The summed E-state index contributed by atoms with van der Waals surface area (Å²) in [4.78, 5) is 58.6. The number of hydrogen-bond acceptors (Lipinski definition) is 11. The number of rotatable bonds is 12. The number of β-amino-alcohol motifs (C(OH)–C–C–N with tert-alkyl or cyclic N) is 1. The zero-order chi connectivity index (χ0) is 53.7. The Morgan fingerprint density at radius 2 is 1.64 bits per heavy atom. The summed E-state index contributed by atoms with van der Waals surface area (Å²) in [5.74, 6) is 1.71. The molecule has 16 heteroatoms. The minimum atomic E-state index is -0.845. The third-order valence-corrected chi connectivity index (χ3v) is 18.8. The van der Waals surface area contributed by atoms with Crippen molar-refractivity contribution in [1.82, 2.24) is 49.5 Å². The van der Waals surface area contributed by atoms with E-state index in [0.717, 1.165) is 131 Å². The number of likely N-dealkylation sites (tertiary alicyclic amines) is 2. The van der Waals surface area contributed by atoms with Crippen molar-refractivity contribution in [2.24, 2.45) is 11.3 Å². The number of hydrogen-bond donors (Lipinski definition) is 2. The van der Waals surface area contributed by atoms with Gasteiger partial charge in [-0.3, -0.25) is 28.8 Å². The maximum atomic E-state index is 14.9. The molecule has 3 aromatic carbocycles. The van der Waals surface area contributed by atoms with Gasteiger partial charge in [0.15, 0.2) is 0 Å². The molecular weight excluding hydrogens is 1000 g/mol. The summed E-state index contributed by atoms with van der Waals surface area (Å²) in [5.41, 5.74) is 7.62. The van der Waals surface area contributed by atoms with Gasteiger partial charge in [0.25, 0.3) is 5.56 Å². The molecule has 0 radical (unpaired) electrons. The van der Waals surface area contributed by atoms with Crippen molar-refractivity contribution >= 4 is 34.3 Å². The fraction of sp³-hybridized carbons (Fsp3) is 0.532. The van der Waals surface area contributed by atoms with E-state index in [-0.39, 0.29) is 47.7 Å². The Balaban J connectivity index is 0.676. The maximum Gasteiger partial charge on any atom is 0.282 e. The van der Waals surface area contributed by atoms with Crippen LogP contribution >= 0.6 is 11.6 Å². The van der Waals surface area contributed by atoms with E-state index in [2.05, 4.69) is 72.3 Å². The van der Waals surface area contributed by atoms with Crippen molar-refractivity contribution in [2.45, 2.75) is 139 Å². The number of nitrogens with one attached hydrogen (secondary N) is 1. The normalized spacial score (nSPS) is 23.8. The number of aliphatic hydroxyl groups is 1. The fourth-order valence-electron chi connectivity index (χ4n) is 14.3. The van der Waals surface area contributed by atoms with E-state index in [0.29, 0.717) is 42.0 Å². The summed E-state index contributed by atoms with van der Waals surface area (Å²) >= 11 is 6.66. The molecule has 1 spiro atoms. The zero-order valence-electron chi connectivity index (χ0n) is 45.5. The second-order valence-electron chi connectivity index (χ2n) is 24.5. The van der Waals surface area contributed by atoms with Crippen LogP contribution in [0.4, 0.5) is 0 Å². The second kappa shape index (κ2) is 22.0. The van der Waals surface area contributed by atoms with Crippen LogP contribution < -0.4 is 10.9 Å². The lowest BCUT2D eigenvalue weighted by Crippen LogP contribution is -2.52. The largest absolute Gasteiger partial charge is 0.391 e. The Morgan fingerprint density at radius 3 is 2.37 bits per heavy atom. The van der Waals surface area contributed by atoms with Gasteiger partial charge in [-0.05, 0) is 134 Å². The summed E-state index contributed by atoms with van der Waals surface area (Å²) in [7, 11) is 0. The number of pyridine rings is 1. The molecule has 4 atom stereocenters. The van der Waals surface area contributed by atoms with Gasteiger partial charge in [0.05, 0.1) is 58.1 Å². The van der Waals surface area contributed by atoms with Crippen molar-refractivity contribution in [3.05, 3.63) is 135 Å². The highest BCUT2D eigenvalue weighted by atomic mass is 35.5. The molecule has 410 valence electrons. The number of fused-ring (bicyclic) bond motifs is 7. The molecular formula is C62H75ClN10O5.